The van der Waals surface area contributed by atoms with Gasteiger partial charge >= 0.3 is 5.97 Å². The van der Waals surface area contributed by atoms with Gasteiger partial charge in [-0.2, -0.15) is 0 Å². The molecule has 28 heavy (non-hydrogen) atoms. The molecular formula is C23H24N2O3. The molecular weight excluding hydrogens is 352 g/mol. The second-order valence-electron chi connectivity index (χ2n) is 7.63. The van der Waals surface area contributed by atoms with Crippen molar-refractivity contribution >= 4 is 16.7 Å². The van der Waals surface area contributed by atoms with Gasteiger partial charge in [-0.1, -0.05) is 43.3 Å². The van der Waals surface area contributed by atoms with Crippen molar-refractivity contribution in [2.24, 2.45) is 5.92 Å². The summed E-state index contributed by atoms with van der Waals surface area (Å²) in [5.41, 5.74) is 1.29. The molecule has 144 valence electrons. The topological polar surface area (TPSA) is 62.5 Å². The van der Waals surface area contributed by atoms with Gasteiger partial charge in [-0.15, -0.1) is 0 Å². The van der Waals surface area contributed by atoms with E-state index in [4.69, 9.17) is 0 Å². The van der Waals surface area contributed by atoms with Crippen LogP contribution in [0.25, 0.3) is 16.5 Å². The smallest absolute Gasteiger partial charge is 0.338 e. The van der Waals surface area contributed by atoms with Crippen LogP contribution in [0.5, 0.6) is 0 Å². The molecule has 4 rings (SSSR count). The van der Waals surface area contributed by atoms with E-state index in [2.05, 4.69) is 11.8 Å². The van der Waals surface area contributed by atoms with Crippen LogP contribution in [-0.2, 0) is 6.54 Å². The molecule has 1 fully saturated rings. The van der Waals surface area contributed by atoms with Gasteiger partial charge in [0.05, 0.1) is 11.3 Å². The normalized spacial score (nSPS) is 17.7. The number of aromatic nitrogens is 1. The van der Waals surface area contributed by atoms with Gasteiger partial charge in [0, 0.05) is 29.5 Å². The van der Waals surface area contributed by atoms with E-state index in [1.807, 2.05) is 30.3 Å². The van der Waals surface area contributed by atoms with Gasteiger partial charge in [-0.05, 0) is 43.5 Å². The van der Waals surface area contributed by atoms with Crippen LogP contribution in [0, 0.1) is 5.92 Å². The Morgan fingerprint density at radius 1 is 1.07 bits per heavy atom. The number of hydrogen-bond donors (Lipinski definition) is 1. The van der Waals surface area contributed by atoms with Gasteiger partial charge in [-0.3, -0.25) is 14.3 Å². The van der Waals surface area contributed by atoms with Crippen molar-refractivity contribution in [2.75, 3.05) is 13.1 Å². The number of nitrogens with zero attached hydrogens (tertiary/aromatic N) is 2. The van der Waals surface area contributed by atoms with Gasteiger partial charge < -0.3 is 5.11 Å². The number of carbonyl (C=O) groups is 1. The SMILES string of the molecule is CC1CCCN(Cc2c(C(=O)O)c3ccccc3c(=O)n2-c2ccccc2)C1. The number of pyridine rings is 1. The van der Waals surface area contributed by atoms with Crippen LogP contribution in [0.2, 0.25) is 0 Å². The largest absolute Gasteiger partial charge is 0.478 e. The summed E-state index contributed by atoms with van der Waals surface area (Å²) in [5.74, 6) is -0.430. The molecule has 1 aliphatic rings. The average Bonchev–Trinajstić information content (AvgIpc) is 2.69. The highest BCUT2D eigenvalue weighted by Crippen LogP contribution is 2.25. The first-order chi connectivity index (χ1) is 13.6. The Balaban J connectivity index is 2.00. The van der Waals surface area contributed by atoms with E-state index in [0.717, 1.165) is 19.5 Å². The molecule has 1 aliphatic heterocycles. The lowest BCUT2D eigenvalue weighted by atomic mass is 9.98. The molecule has 1 atom stereocenters. The Hall–Kier alpha value is -2.92. The molecule has 0 amide bonds. The Morgan fingerprint density at radius 2 is 1.75 bits per heavy atom. The second-order valence-corrected chi connectivity index (χ2v) is 7.63. The van der Waals surface area contributed by atoms with Crippen LogP contribution in [0.4, 0.5) is 0 Å². The molecule has 5 nitrogen and oxygen atoms in total. The lowest BCUT2D eigenvalue weighted by Gasteiger charge is -2.32. The van der Waals surface area contributed by atoms with E-state index in [1.165, 1.54) is 6.42 Å². The summed E-state index contributed by atoms with van der Waals surface area (Å²) in [7, 11) is 0. The van der Waals surface area contributed by atoms with Gasteiger partial charge in [0.1, 0.15) is 0 Å². The molecule has 2 heterocycles. The predicted molar refractivity (Wildman–Crippen MR) is 110 cm³/mol. The number of rotatable bonds is 4. The standard InChI is InChI=1S/C23H24N2O3/c1-16-8-7-13-24(14-16)15-20-21(23(27)28)18-11-5-6-12-19(18)22(26)25(20)17-9-3-2-4-10-17/h2-6,9-12,16H,7-8,13-15H2,1H3,(H,27,28). The number of aromatic carboxylic acids is 1. The van der Waals surface area contributed by atoms with Crippen molar-refractivity contribution in [1.29, 1.82) is 0 Å². The number of likely N-dealkylation sites (tertiary alicyclic amines) is 1. The van der Waals surface area contributed by atoms with Crippen LogP contribution in [-0.4, -0.2) is 33.6 Å². The van der Waals surface area contributed by atoms with Gasteiger partial charge in [0.25, 0.3) is 5.56 Å². The summed E-state index contributed by atoms with van der Waals surface area (Å²) in [6.45, 7) is 4.49. The molecule has 0 bridgehead atoms. The van der Waals surface area contributed by atoms with Crippen molar-refractivity contribution in [2.45, 2.75) is 26.3 Å². The monoisotopic (exact) mass is 376 g/mol. The maximum absolute atomic E-state index is 13.4. The molecule has 1 saturated heterocycles. The van der Waals surface area contributed by atoms with Crippen molar-refractivity contribution in [3.05, 3.63) is 76.2 Å². The Labute approximate surface area is 163 Å². The molecule has 3 aromatic rings. The number of carboxylic acids is 1. The van der Waals surface area contributed by atoms with Gasteiger partial charge in [0.15, 0.2) is 0 Å². The van der Waals surface area contributed by atoms with Crippen molar-refractivity contribution < 1.29 is 9.90 Å². The second kappa shape index (κ2) is 7.60. The first-order valence-corrected chi connectivity index (χ1v) is 9.74. The third kappa shape index (κ3) is 3.34. The fourth-order valence-corrected chi connectivity index (χ4v) is 4.28. The Kier molecular flexibility index (Phi) is 5.01. The summed E-state index contributed by atoms with van der Waals surface area (Å²) >= 11 is 0. The van der Waals surface area contributed by atoms with Crippen LogP contribution in [0.15, 0.2) is 59.4 Å². The van der Waals surface area contributed by atoms with E-state index in [9.17, 15) is 14.7 Å². The van der Waals surface area contributed by atoms with Crippen molar-refractivity contribution in [3.8, 4) is 5.69 Å². The summed E-state index contributed by atoms with van der Waals surface area (Å²) in [6, 6.07) is 16.3. The molecule has 1 unspecified atom stereocenters. The zero-order chi connectivity index (χ0) is 19.7. The zero-order valence-corrected chi connectivity index (χ0v) is 16.0. The van der Waals surface area contributed by atoms with Crippen LogP contribution >= 0.6 is 0 Å². The number of para-hydroxylation sites is 1. The summed E-state index contributed by atoms with van der Waals surface area (Å²) < 4.78 is 1.59. The van der Waals surface area contributed by atoms with E-state index in [1.54, 1.807) is 28.8 Å². The number of benzene rings is 2. The minimum absolute atomic E-state index is 0.174. The molecule has 0 spiro atoms. The van der Waals surface area contributed by atoms with E-state index >= 15 is 0 Å². The summed E-state index contributed by atoms with van der Waals surface area (Å²) in [5, 5.41) is 11.0. The quantitative estimate of drug-likeness (QED) is 0.750. The van der Waals surface area contributed by atoms with E-state index < -0.39 is 5.97 Å². The first kappa shape index (κ1) is 18.4. The van der Waals surface area contributed by atoms with Crippen molar-refractivity contribution in [1.82, 2.24) is 9.47 Å². The Morgan fingerprint density at radius 3 is 2.43 bits per heavy atom. The molecule has 1 aromatic heterocycles. The first-order valence-electron chi connectivity index (χ1n) is 9.74. The fourth-order valence-electron chi connectivity index (χ4n) is 4.28. The van der Waals surface area contributed by atoms with Crippen LogP contribution < -0.4 is 5.56 Å². The minimum atomic E-state index is -0.999. The van der Waals surface area contributed by atoms with E-state index in [0.29, 0.717) is 34.6 Å². The molecule has 1 N–H and O–H groups in total. The minimum Gasteiger partial charge on any atom is -0.478 e. The van der Waals surface area contributed by atoms with Gasteiger partial charge in [-0.25, -0.2) is 4.79 Å². The molecule has 0 saturated carbocycles. The number of carboxylic acid groups (broad SMARTS) is 1. The van der Waals surface area contributed by atoms with Crippen molar-refractivity contribution in [3.63, 3.8) is 0 Å². The zero-order valence-electron chi connectivity index (χ0n) is 16.0. The molecule has 0 radical (unpaired) electrons. The molecule has 2 aromatic carbocycles. The third-order valence-corrected chi connectivity index (χ3v) is 5.53. The maximum Gasteiger partial charge on any atom is 0.338 e. The highest BCUT2D eigenvalue weighted by Gasteiger charge is 2.25. The van der Waals surface area contributed by atoms with Crippen LogP contribution in [0.1, 0.15) is 35.8 Å². The number of hydrogen-bond acceptors (Lipinski definition) is 3. The maximum atomic E-state index is 13.4. The van der Waals surface area contributed by atoms with Gasteiger partial charge in [0.2, 0.25) is 0 Å². The predicted octanol–water partition coefficient (Wildman–Crippen LogP) is 3.92. The Bertz CT molecular complexity index is 1070. The lowest BCUT2D eigenvalue weighted by molar-refractivity contribution is 0.0694. The number of piperidine rings is 1. The number of fused-ring (bicyclic) bond motifs is 1. The molecule has 5 heteroatoms. The highest BCUT2D eigenvalue weighted by atomic mass is 16.4. The summed E-state index contributed by atoms with van der Waals surface area (Å²) in [6.07, 6.45) is 2.28. The van der Waals surface area contributed by atoms with Crippen LogP contribution in [0.3, 0.4) is 0 Å². The highest BCUT2D eigenvalue weighted by molar-refractivity contribution is 6.04. The third-order valence-electron chi connectivity index (χ3n) is 5.53. The lowest BCUT2D eigenvalue weighted by Crippen LogP contribution is -2.37. The summed E-state index contributed by atoms with van der Waals surface area (Å²) in [4.78, 5) is 28.0. The fraction of sp³-hybridized carbons (Fsp3) is 0.304. The van der Waals surface area contributed by atoms with E-state index in [-0.39, 0.29) is 11.1 Å². The average molecular weight is 376 g/mol. The molecule has 0 aliphatic carbocycles.